The molecule has 7 nitrogen and oxygen atoms in total. The average molecular weight is 348 g/mol. The summed E-state index contributed by atoms with van der Waals surface area (Å²) in [5, 5.41) is 9.46. The lowest BCUT2D eigenvalue weighted by Gasteiger charge is -2.27. The molecule has 0 aromatic heterocycles. The molecule has 0 bridgehead atoms. The smallest absolute Gasteiger partial charge is 0.414 e. The molecular weight excluding hydrogens is 328 g/mol. The largest absolute Gasteiger partial charge is 0.443 e. The van der Waals surface area contributed by atoms with Crippen LogP contribution in [0.15, 0.2) is 23.1 Å². The van der Waals surface area contributed by atoms with Crippen LogP contribution in [0.25, 0.3) is 0 Å². The van der Waals surface area contributed by atoms with E-state index in [1.54, 1.807) is 4.90 Å². The van der Waals surface area contributed by atoms with Gasteiger partial charge in [-0.1, -0.05) is 0 Å². The number of carbonyl (C=O) groups excluding carboxylic acids is 2. The number of nitrogens with one attached hydrogen (secondary N) is 3. The number of rotatable bonds is 5. The maximum absolute atomic E-state index is 12.2. The van der Waals surface area contributed by atoms with Crippen molar-refractivity contribution in [2.75, 3.05) is 48.7 Å². The predicted octanol–water partition coefficient (Wildman–Crippen LogP) is 0.865. The van der Waals surface area contributed by atoms with Crippen LogP contribution in [0.2, 0.25) is 0 Å². The first-order chi connectivity index (χ1) is 11.7. The summed E-state index contributed by atoms with van der Waals surface area (Å²) in [6, 6.07) is 5.69. The van der Waals surface area contributed by atoms with Gasteiger partial charge in [-0.15, -0.1) is 11.8 Å². The molecule has 3 aliphatic heterocycles. The zero-order valence-corrected chi connectivity index (χ0v) is 14.0. The van der Waals surface area contributed by atoms with Gasteiger partial charge in [0.05, 0.1) is 18.0 Å². The molecule has 2 saturated heterocycles. The highest BCUT2D eigenvalue weighted by Crippen LogP contribution is 2.35. The third kappa shape index (κ3) is 3.22. The molecule has 2 amide bonds. The van der Waals surface area contributed by atoms with E-state index >= 15 is 0 Å². The molecule has 0 spiro atoms. The van der Waals surface area contributed by atoms with Crippen molar-refractivity contribution in [2.24, 2.45) is 5.92 Å². The van der Waals surface area contributed by atoms with Crippen molar-refractivity contribution in [1.82, 2.24) is 10.6 Å². The van der Waals surface area contributed by atoms with Gasteiger partial charge in [-0.2, -0.15) is 0 Å². The van der Waals surface area contributed by atoms with Gasteiger partial charge in [0.25, 0.3) is 0 Å². The highest BCUT2D eigenvalue weighted by Gasteiger charge is 2.33. The van der Waals surface area contributed by atoms with Gasteiger partial charge in [0.2, 0.25) is 5.91 Å². The Morgan fingerprint density at radius 3 is 2.96 bits per heavy atom. The highest BCUT2D eigenvalue weighted by atomic mass is 32.2. The molecule has 3 heterocycles. The summed E-state index contributed by atoms with van der Waals surface area (Å²) in [4.78, 5) is 26.3. The average Bonchev–Trinajstić information content (AvgIpc) is 2.90. The van der Waals surface area contributed by atoms with Gasteiger partial charge in [-0.25, -0.2) is 4.79 Å². The van der Waals surface area contributed by atoms with Crippen LogP contribution in [0.3, 0.4) is 0 Å². The summed E-state index contributed by atoms with van der Waals surface area (Å²) in [6.07, 6.45) is -0.479. The third-order valence-corrected chi connectivity index (χ3v) is 5.53. The van der Waals surface area contributed by atoms with E-state index in [2.05, 4.69) is 16.0 Å². The van der Waals surface area contributed by atoms with Gasteiger partial charge in [-0.05, 0) is 24.1 Å². The lowest BCUT2D eigenvalue weighted by atomic mass is 10.0. The monoisotopic (exact) mass is 348 g/mol. The van der Waals surface area contributed by atoms with Crippen molar-refractivity contribution in [3.05, 3.63) is 18.2 Å². The Morgan fingerprint density at radius 1 is 1.29 bits per heavy atom. The standard InChI is InChI=1S/C16H20N4O3S/c21-15-9-24-14-2-1-11(3-13(14)19-15)20-8-12(23-16(20)22)7-18-6-10-4-17-5-10/h1-3,10,12,17-18H,4-9H2,(H,19,21). The number of hydrogen-bond acceptors (Lipinski definition) is 6. The Morgan fingerprint density at radius 2 is 2.17 bits per heavy atom. The molecule has 24 heavy (non-hydrogen) atoms. The number of benzene rings is 1. The van der Waals surface area contributed by atoms with Gasteiger partial charge in [0, 0.05) is 36.8 Å². The molecule has 1 aromatic carbocycles. The van der Waals surface area contributed by atoms with Crippen LogP contribution >= 0.6 is 11.8 Å². The molecule has 3 N–H and O–H groups in total. The van der Waals surface area contributed by atoms with E-state index in [9.17, 15) is 9.59 Å². The van der Waals surface area contributed by atoms with Crippen molar-refractivity contribution >= 4 is 35.1 Å². The molecule has 0 aliphatic carbocycles. The number of thioether (sulfide) groups is 1. The zero-order chi connectivity index (χ0) is 16.5. The lowest BCUT2D eigenvalue weighted by Crippen LogP contribution is -2.48. The molecule has 128 valence electrons. The zero-order valence-electron chi connectivity index (χ0n) is 13.2. The maximum atomic E-state index is 12.2. The van der Waals surface area contributed by atoms with Crippen molar-refractivity contribution in [3.8, 4) is 0 Å². The SMILES string of the molecule is O=C1CSc2ccc(N3CC(CNCC4CNC4)OC3=O)cc2N1. The van der Waals surface area contributed by atoms with Crippen LogP contribution in [-0.4, -0.2) is 56.6 Å². The van der Waals surface area contributed by atoms with Crippen LogP contribution in [0.4, 0.5) is 16.2 Å². The van der Waals surface area contributed by atoms with Gasteiger partial charge in [-0.3, -0.25) is 9.69 Å². The normalized spacial score (nSPS) is 23.5. The minimum atomic E-state index is -0.332. The summed E-state index contributed by atoms with van der Waals surface area (Å²) in [7, 11) is 0. The molecular formula is C16H20N4O3S. The molecule has 1 atom stereocenters. The second-order valence-corrected chi connectivity index (χ2v) is 7.33. The van der Waals surface area contributed by atoms with E-state index in [1.807, 2.05) is 18.2 Å². The Kier molecular flexibility index (Phi) is 4.34. The van der Waals surface area contributed by atoms with Crippen molar-refractivity contribution in [3.63, 3.8) is 0 Å². The highest BCUT2D eigenvalue weighted by molar-refractivity contribution is 8.00. The molecule has 2 fully saturated rings. The summed E-state index contributed by atoms with van der Waals surface area (Å²) in [6.45, 7) is 4.25. The Labute approximate surface area is 144 Å². The minimum absolute atomic E-state index is 0.0128. The molecule has 1 aromatic rings. The number of nitrogens with zero attached hydrogens (tertiary/aromatic N) is 1. The second kappa shape index (κ2) is 6.62. The molecule has 0 radical (unpaired) electrons. The Balaban J connectivity index is 1.38. The fourth-order valence-electron chi connectivity index (χ4n) is 3.02. The van der Waals surface area contributed by atoms with Gasteiger partial charge in [0.15, 0.2) is 0 Å². The van der Waals surface area contributed by atoms with Crippen molar-refractivity contribution < 1.29 is 14.3 Å². The summed E-state index contributed by atoms with van der Waals surface area (Å²) >= 11 is 1.51. The van der Waals surface area contributed by atoms with Crippen LogP contribution in [-0.2, 0) is 9.53 Å². The molecule has 4 rings (SSSR count). The third-order valence-electron chi connectivity index (χ3n) is 4.45. The quantitative estimate of drug-likeness (QED) is 0.732. The van der Waals surface area contributed by atoms with E-state index < -0.39 is 0 Å². The van der Waals surface area contributed by atoms with E-state index in [4.69, 9.17) is 4.74 Å². The van der Waals surface area contributed by atoms with E-state index in [1.165, 1.54) is 11.8 Å². The number of carbonyl (C=O) groups is 2. The Bertz CT molecular complexity index is 665. The van der Waals surface area contributed by atoms with Crippen LogP contribution in [0, 0.1) is 5.92 Å². The van der Waals surface area contributed by atoms with E-state index in [-0.39, 0.29) is 18.1 Å². The summed E-state index contributed by atoms with van der Waals surface area (Å²) in [5.74, 6) is 1.10. The van der Waals surface area contributed by atoms with Gasteiger partial charge >= 0.3 is 6.09 Å². The second-order valence-electron chi connectivity index (χ2n) is 6.32. The van der Waals surface area contributed by atoms with Crippen LogP contribution in [0.5, 0.6) is 0 Å². The number of fused-ring (bicyclic) bond motifs is 1. The maximum Gasteiger partial charge on any atom is 0.414 e. The summed E-state index contributed by atoms with van der Waals surface area (Å²) in [5.41, 5.74) is 1.52. The number of hydrogen-bond donors (Lipinski definition) is 3. The first-order valence-corrected chi connectivity index (χ1v) is 9.14. The molecule has 1 unspecified atom stereocenters. The topological polar surface area (TPSA) is 82.7 Å². The van der Waals surface area contributed by atoms with E-state index in [0.717, 1.165) is 35.9 Å². The van der Waals surface area contributed by atoms with Gasteiger partial charge in [0.1, 0.15) is 6.10 Å². The fourth-order valence-corrected chi connectivity index (χ4v) is 3.81. The molecule has 8 heteroatoms. The Hall–Kier alpha value is -1.77. The van der Waals surface area contributed by atoms with Crippen molar-refractivity contribution in [1.29, 1.82) is 0 Å². The number of cyclic esters (lactones) is 1. The number of ether oxygens (including phenoxy) is 1. The lowest BCUT2D eigenvalue weighted by molar-refractivity contribution is -0.113. The summed E-state index contributed by atoms with van der Waals surface area (Å²) < 4.78 is 5.44. The molecule has 3 aliphatic rings. The fraction of sp³-hybridized carbons (Fsp3) is 0.500. The van der Waals surface area contributed by atoms with E-state index in [0.29, 0.717) is 24.8 Å². The van der Waals surface area contributed by atoms with Gasteiger partial charge < -0.3 is 20.7 Å². The van der Waals surface area contributed by atoms with Crippen LogP contribution in [0.1, 0.15) is 0 Å². The van der Waals surface area contributed by atoms with Crippen molar-refractivity contribution in [2.45, 2.75) is 11.0 Å². The minimum Gasteiger partial charge on any atom is -0.443 e. The first kappa shape index (κ1) is 15.7. The number of amides is 2. The first-order valence-electron chi connectivity index (χ1n) is 8.15. The number of anilines is 2. The van der Waals surface area contributed by atoms with Crippen LogP contribution < -0.4 is 20.9 Å². The predicted molar refractivity (Wildman–Crippen MR) is 92.6 cm³/mol. The molecule has 0 saturated carbocycles.